The number of aromatic nitrogens is 3. The van der Waals surface area contributed by atoms with Crippen LogP contribution in [-0.4, -0.2) is 38.9 Å². The van der Waals surface area contributed by atoms with Crippen molar-refractivity contribution in [3.8, 4) is 5.69 Å². The number of amides is 1. The molecule has 0 spiro atoms. The van der Waals surface area contributed by atoms with E-state index in [9.17, 15) is 9.90 Å². The molecular weight excluding hydrogens is 280 g/mol. The van der Waals surface area contributed by atoms with Crippen molar-refractivity contribution in [2.75, 3.05) is 13.2 Å². The molecule has 1 amide bonds. The number of aliphatic hydroxyl groups is 1. The maximum atomic E-state index is 12.2. The Kier molecular flexibility index (Phi) is 5.27. The number of nitrogens with one attached hydrogen (secondary N) is 1. The fourth-order valence-electron chi connectivity index (χ4n) is 2.27. The molecule has 2 rings (SSSR count). The molecule has 1 aromatic heterocycles. The van der Waals surface area contributed by atoms with Crippen molar-refractivity contribution in [2.45, 2.75) is 26.7 Å². The van der Waals surface area contributed by atoms with Crippen LogP contribution < -0.4 is 5.32 Å². The monoisotopic (exact) mass is 302 g/mol. The number of benzene rings is 1. The van der Waals surface area contributed by atoms with Gasteiger partial charge in [-0.3, -0.25) is 9.36 Å². The first-order valence-electron chi connectivity index (χ1n) is 7.48. The first kappa shape index (κ1) is 16.2. The molecule has 2 N–H and O–H groups in total. The summed E-state index contributed by atoms with van der Waals surface area (Å²) >= 11 is 0. The predicted octanol–water partition coefficient (Wildman–Crippen LogP) is 1.80. The van der Waals surface area contributed by atoms with E-state index in [0.717, 1.165) is 18.5 Å². The fraction of sp³-hybridized carbons (Fsp3) is 0.438. The third-order valence-corrected chi connectivity index (χ3v) is 4.31. The first-order valence-corrected chi connectivity index (χ1v) is 7.48. The van der Waals surface area contributed by atoms with Gasteiger partial charge in [0.15, 0.2) is 0 Å². The third kappa shape index (κ3) is 3.51. The second-order valence-corrected chi connectivity index (χ2v) is 5.46. The van der Waals surface area contributed by atoms with Crippen molar-refractivity contribution in [1.82, 2.24) is 20.1 Å². The molecule has 0 atom stereocenters. The van der Waals surface area contributed by atoms with Crippen LogP contribution in [0.2, 0.25) is 0 Å². The van der Waals surface area contributed by atoms with Gasteiger partial charge in [-0.15, -0.1) is 10.2 Å². The fourth-order valence-corrected chi connectivity index (χ4v) is 2.27. The highest BCUT2D eigenvalue weighted by atomic mass is 16.3. The molecule has 0 saturated carbocycles. The van der Waals surface area contributed by atoms with Crippen LogP contribution in [0, 0.1) is 5.41 Å². The van der Waals surface area contributed by atoms with E-state index in [1.54, 1.807) is 29.4 Å². The van der Waals surface area contributed by atoms with E-state index in [1.807, 2.05) is 26.0 Å². The van der Waals surface area contributed by atoms with Crippen molar-refractivity contribution in [1.29, 1.82) is 0 Å². The summed E-state index contributed by atoms with van der Waals surface area (Å²) < 4.78 is 1.77. The van der Waals surface area contributed by atoms with Gasteiger partial charge in [-0.25, -0.2) is 0 Å². The van der Waals surface area contributed by atoms with Gasteiger partial charge in [-0.05, 0) is 37.1 Å². The number of rotatable bonds is 7. The van der Waals surface area contributed by atoms with Crippen LogP contribution in [0.25, 0.3) is 5.69 Å². The molecule has 0 bridgehead atoms. The van der Waals surface area contributed by atoms with Crippen molar-refractivity contribution in [3.63, 3.8) is 0 Å². The molecule has 0 aliphatic rings. The number of hydrogen-bond donors (Lipinski definition) is 2. The zero-order valence-electron chi connectivity index (χ0n) is 13.0. The predicted molar refractivity (Wildman–Crippen MR) is 83.8 cm³/mol. The molecule has 6 heteroatoms. The van der Waals surface area contributed by atoms with Gasteiger partial charge in [0.05, 0.1) is 6.61 Å². The largest absolute Gasteiger partial charge is 0.396 e. The maximum absolute atomic E-state index is 12.2. The highest BCUT2D eigenvalue weighted by molar-refractivity contribution is 5.94. The lowest BCUT2D eigenvalue weighted by Crippen LogP contribution is -2.39. The molecule has 6 nitrogen and oxygen atoms in total. The third-order valence-electron chi connectivity index (χ3n) is 4.31. The van der Waals surface area contributed by atoms with E-state index >= 15 is 0 Å². The lowest BCUT2D eigenvalue weighted by molar-refractivity contribution is 0.0851. The average Bonchev–Trinajstić information content (AvgIpc) is 3.11. The quantitative estimate of drug-likeness (QED) is 0.817. The topological polar surface area (TPSA) is 80.0 Å². The number of carbonyl (C=O) groups is 1. The summed E-state index contributed by atoms with van der Waals surface area (Å²) in [4.78, 5) is 12.2. The summed E-state index contributed by atoms with van der Waals surface area (Å²) in [5.74, 6) is -0.130. The molecular formula is C16H22N4O2. The van der Waals surface area contributed by atoms with Crippen molar-refractivity contribution < 1.29 is 9.90 Å². The molecule has 1 aromatic carbocycles. The summed E-state index contributed by atoms with van der Waals surface area (Å²) in [6, 6.07) is 7.22. The molecule has 0 fully saturated rings. The van der Waals surface area contributed by atoms with Gasteiger partial charge < -0.3 is 10.4 Å². The summed E-state index contributed by atoms with van der Waals surface area (Å²) in [6.45, 7) is 4.61. The standard InChI is InChI=1S/C16H22N4O2/c1-3-16(4-2,10-21)9-17-15(22)13-5-7-14(8-6-13)20-11-18-19-12-20/h5-8,11-12,21H,3-4,9-10H2,1-2H3,(H,17,22). The second kappa shape index (κ2) is 7.17. The number of carbonyl (C=O) groups excluding carboxylic acids is 1. The number of nitrogens with zero attached hydrogens (tertiary/aromatic N) is 3. The Morgan fingerprint density at radius 1 is 1.18 bits per heavy atom. The second-order valence-electron chi connectivity index (χ2n) is 5.46. The van der Waals surface area contributed by atoms with Gasteiger partial charge in [-0.1, -0.05) is 13.8 Å². The molecule has 2 aromatic rings. The molecule has 0 aliphatic carbocycles. The Bertz CT molecular complexity index is 581. The molecule has 118 valence electrons. The van der Waals surface area contributed by atoms with Crippen LogP contribution in [0.3, 0.4) is 0 Å². The van der Waals surface area contributed by atoms with Gasteiger partial charge in [0, 0.05) is 23.2 Å². The molecule has 22 heavy (non-hydrogen) atoms. The average molecular weight is 302 g/mol. The summed E-state index contributed by atoms with van der Waals surface area (Å²) in [5, 5.41) is 20.0. The minimum absolute atomic E-state index is 0.0762. The van der Waals surface area contributed by atoms with Crippen molar-refractivity contribution in [3.05, 3.63) is 42.5 Å². The summed E-state index contributed by atoms with van der Waals surface area (Å²) in [5.41, 5.74) is 1.25. The molecule has 0 unspecified atom stereocenters. The molecule has 0 saturated heterocycles. The number of aliphatic hydroxyl groups excluding tert-OH is 1. The van der Waals surface area contributed by atoms with E-state index in [-0.39, 0.29) is 17.9 Å². The number of hydrogen-bond acceptors (Lipinski definition) is 4. The SMILES string of the molecule is CCC(CC)(CO)CNC(=O)c1ccc(-n2cnnc2)cc1. The molecule has 0 radical (unpaired) electrons. The first-order chi connectivity index (χ1) is 10.6. The Hall–Kier alpha value is -2.21. The van der Waals surface area contributed by atoms with Crippen LogP contribution in [0.1, 0.15) is 37.0 Å². The van der Waals surface area contributed by atoms with Gasteiger partial charge in [0.1, 0.15) is 12.7 Å². The Morgan fingerprint density at radius 2 is 1.77 bits per heavy atom. The highest BCUT2D eigenvalue weighted by Crippen LogP contribution is 2.24. The minimum atomic E-state index is -0.238. The summed E-state index contributed by atoms with van der Waals surface area (Å²) in [6.07, 6.45) is 4.86. The van der Waals surface area contributed by atoms with Crippen molar-refractivity contribution >= 4 is 5.91 Å². The van der Waals surface area contributed by atoms with Crippen LogP contribution >= 0.6 is 0 Å². The minimum Gasteiger partial charge on any atom is -0.396 e. The van der Waals surface area contributed by atoms with E-state index in [4.69, 9.17) is 0 Å². The highest BCUT2D eigenvalue weighted by Gasteiger charge is 2.25. The van der Waals surface area contributed by atoms with Gasteiger partial charge in [0.2, 0.25) is 0 Å². The smallest absolute Gasteiger partial charge is 0.251 e. The van der Waals surface area contributed by atoms with Crippen LogP contribution in [0.4, 0.5) is 0 Å². The van der Waals surface area contributed by atoms with E-state index in [1.165, 1.54) is 0 Å². The normalized spacial score (nSPS) is 11.4. The van der Waals surface area contributed by atoms with E-state index in [2.05, 4.69) is 15.5 Å². The Balaban J connectivity index is 2.01. The van der Waals surface area contributed by atoms with Gasteiger partial charge in [-0.2, -0.15) is 0 Å². The lowest BCUT2D eigenvalue weighted by Gasteiger charge is -2.29. The zero-order chi connectivity index (χ0) is 16.0. The molecule has 1 heterocycles. The van der Waals surface area contributed by atoms with Crippen LogP contribution in [-0.2, 0) is 0 Å². The Labute approximate surface area is 130 Å². The van der Waals surface area contributed by atoms with Crippen molar-refractivity contribution in [2.24, 2.45) is 5.41 Å². The summed E-state index contributed by atoms with van der Waals surface area (Å²) in [7, 11) is 0. The van der Waals surface area contributed by atoms with E-state index in [0.29, 0.717) is 12.1 Å². The van der Waals surface area contributed by atoms with Gasteiger partial charge >= 0.3 is 0 Å². The maximum Gasteiger partial charge on any atom is 0.251 e. The Morgan fingerprint density at radius 3 is 2.27 bits per heavy atom. The molecule has 0 aliphatic heterocycles. The van der Waals surface area contributed by atoms with Crippen LogP contribution in [0.5, 0.6) is 0 Å². The lowest BCUT2D eigenvalue weighted by atomic mass is 9.83. The van der Waals surface area contributed by atoms with Crippen LogP contribution in [0.15, 0.2) is 36.9 Å². The van der Waals surface area contributed by atoms with E-state index < -0.39 is 0 Å². The van der Waals surface area contributed by atoms with Gasteiger partial charge in [0.25, 0.3) is 5.91 Å². The zero-order valence-corrected chi connectivity index (χ0v) is 13.0.